The van der Waals surface area contributed by atoms with Crippen molar-refractivity contribution in [3.63, 3.8) is 0 Å². The zero-order chi connectivity index (χ0) is 24.6. The van der Waals surface area contributed by atoms with Crippen LogP contribution in [0.4, 0.5) is 11.4 Å². The molecule has 0 fully saturated rings. The Morgan fingerprint density at radius 3 is 2.48 bits per heavy atom. The van der Waals surface area contributed by atoms with Gasteiger partial charge in [-0.3, -0.25) is 10.1 Å². The first-order valence-electron chi connectivity index (χ1n) is 10.4. The van der Waals surface area contributed by atoms with Crippen LogP contribution in [0.1, 0.15) is 38.8 Å². The van der Waals surface area contributed by atoms with Crippen molar-refractivity contribution in [1.82, 2.24) is 0 Å². The predicted molar refractivity (Wildman–Crippen MR) is 129 cm³/mol. The van der Waals surface area contributed by atoms with Gasteiger partial charge in [-0.2, -0.15) is 0 Å². The molecule has 10 heteroatoms. The Labute approximate surface area is 197 Å². The minimum Gasteiger partial charge on any atom is -0.484 e. The number of anilines is 1. The second kappa shape index (κ2) is 8.69. The molecule has 0 aliphatic carbocycles. The van der Waals surface area contributed by atoms with Crippen LogP contribution in [0.5, 0.6) is 5.75 Å². The fourth-order valence-corrected chi connectivity index (χ4v) is 3.73. The van der Waals surface area contributed by atoms with Gasteiger partial charge in [0.05, 0.1) is 10.6 Å². The van der Waals surface area contributed by atoms with E-state index >= 15 is 0 Å². The van der Waals surface area contributed by atoms with E-state index in [1.165, 1.54) is 17.5 Å². The number of nitrogens with two attached hydrogens (primary N) is 2. The lowest BCUT2D eigenvalue weighted by molar-refractivity contribution is -0.384. The molecule has 0 spiro atoms. The molecule has 0 amide bonds. The lowest BCUT2D eigenvalue weighted by Gasteiger charge is -2.39. The molecule has 0 aromatic heterocycles. The number of nitro groups is 1. The number of hydrogen-bond donors (Lipinski definition) is 3. The highest BCUT2D eigenvalue weighted by Crippen LogP contribution is 2.38. The topological polar surface area (TPSA) is 143 Å². The van der Waals surface area contributed by atoms with E-state index in [2.05, 4.69) is 5.32 Å². The van der Waals surface area contributed by atoms with Crippen LogP contribution in [0.2, 0.25) is 0 Å². The van der Waals surface area contributed by atoms with Crippen LogP contribution in [-0.4, -0.2) is 33.6 Å². The van der Waals surface area contributed by atoms with E-state index in [4.69, 9.17) is 33.2 Å². The molecular formula is C23H28N4O5S. The number of hydrogen-bond acceptors (Lipinski definition) is 9. The molecule has 0 saturated heterocycles. The molecule has 1 heterocycles. The molecular weight excluding hydrogens is 444 g/mol. The summed E-state index contributed by atoms with van der Waals surface area (Å²) in [5.41, 5.74) is 11.2. The van der Waals surface area contributed by atoms with Crippen LogP contribution < -0.4 is 21.5 Å². The average molecular weight is 473 g/mol. The van der Waals surface area contributed by atoms with Gasteiger partial charge in [-0.15, -0.1) is 0 Å². The molecule has 3 unspecified atom stereocenters. The lowest BCUT2D eigenvalue weighted by Crippen LogP contribution is -2.61. The van der Waals surface area contributed by atoms with Crippen molar-refractivity contribution in [1.29, 1.82) is 0 Å². The molecule has 3 rings (SSSR count). The molecule has 33 heavy (non-hydrogen) atoms. The maximum atomic E-state index is 13.3. The minimum absolute atomic E-state index is 0.0525. The second-order valence-electron chi connectivity index (χ2n) is 9.22. The van der Waals surface area contributed by atoms with Crippen LogP contribution in [0.15, 0.2) is 42.5 Å². The number of fused-ring (bicyclic) bond motifs is 1. The van der Waals surface area contributed by atoms with E-state index in [1.54, 1.807) is 58.0 Å². The van der Waals surface area contributed by atoms with Gasteiger partial charge in [0, 0.05) is 23.9 Å². The molecule has 5 N–H and O–H groups in total. The first-order valence-corrected chi connectivity index (χ1v) is 10.8. The van der Waals surface area contributed by atoms with Crippen LogP contribution in [-0.2, 0) is 21.5 Å². The van der Waals surface area contributed by atoms with Gasteiger partial charge in [-0.1, -0.05) is 30.4 Å². The number of nitrogens with zero attached hydrogens (tertiary/aromatic N) is 1. The standard InChI is InChI=1S/C23H28N4O5S/c1-14-23(25,13-33)26-18-11-16(7-10-19(18)31-14)22(24,20(28)32-21(2,3)4)12-15-5-8-17(9-6-15)27(29)30/h5-11,13-14,26H,12,24-25H2,1-4H3. The summed E-state index contributed by atoms with van der Waals surface area (Å²) in [7, 11) is 0. The molecule has 0 bridgehead atoms. The summed E-state index contributed by atoms with van der Waals surface area (Å²) >= 11 is 5.08. The SMILES string of the molecule is CC1Oc2ccc(C(N)(Cc3ccc([N+](=O)[O-])cc3)C(=O)OC(C)(C)C)cc2NC1(N)C=S. The molecule has 1 aliphatic rings. The van der Waals surface area contributed by atoms with Crippen molar-refractivity contribution in [2.24, 2.45) is 11.5 Å². The van der Waals surface area contributed by atoms with Crippen LogP contribution >= 0.6 is 12.2 Å². The van der Waals surface area contributed by atoms with Gasteiger partial charge in [0.1, 0.15) is 23.0 Å². The highest BCUT2D eigenvalue weighted by molar-refractivity contribution is 7.79. The molecule has 1 aliphatic heterocycles. The number of ether oxygens (including phenoxy) is 2. The fraction of sp³-hybridized carbons (Fsp3) is 0.391. The largest absolute Gasteiger partial charge is 0.484 e. The number of carbonyl (C=O) groups excluding carboxylic acids is 1. The Balaban J connectivity index is 2.04. The third kappa shape index (κ3) is 5.13. The van der Waals surface area contributed by atoms with Gasteiger partial charge in [0.25, 0.3) is 5.69 Å². The first-order chi connectivity index (χ1) is 15.3. The van der Waals surface area contributed by atoms with Gasteiger partial charge in [0.15, 0.2) is 5.66 Å². The third-order valence-electron chi connectivity index (χ3n) is 5.41. The molecule has 2 aromatic rings. The highest BCUT2D eigenvalue weighted by atomic mass is 32.1. The van der Waals surface area contributed by atoms with Gasteiger partial charge in [-0.25, -0.2) is 4.79 Å². The van der Waals surface area contributed by atoms with Crippen molar-refractivity contribution < 1.29 is 19.2 Å². The smallest absolute Gasteiger partial charge is 0.331 e. The summed E-state index contributed by atoms with van der Waals surface area (Å²) in [5, 5.41) is 15.6. The van der Waals surface area contributed by atoms with Crippen LogP contribution in [0, 0.1) is 10.1 Å². The molecule has 0 saturated carbocycles. The minimum atomic E-state index is -1.59. The van der Waals surface area contributed by atoms with E-state index in [-0.39, 0.29) is 12.1 Å². The number of carbonyl (C=O) groups is 1. The van der Waals surface area contributed by atoms with Crippen molar-refractivity contribution in [2.75, 3.05) is 5.32 Å². The van der Waals surface area contributed by atoms with E-state index < -0.39 is 33.8 Å². The zero-order valence-corrected chi connectivity index (χ0v) is 19.8. The van der Waals surface area contributed by atoms with E-state index in [9.17, 15) is 14.9 Å². The number of rotatable bonds is 6. The Morgan fingerprint density at radius 1 is 1.30 bits per heavy atom. The normalized spacial score (nSPS) is 21.6. The third-order valence-corrected chi connectivity index (χ3v) is 5.80. The van der Waals surface area contributed by atoms with Gasteiger partial charge >= 0.3 is 5.97 Å². The molecule has 9 nitrogen and oxygen atoms in total. The number of non-ortho nitro benzene ring substituents is 1. The Bertz CT molecular complexity index is 1090. The van der Waals surface area contributed by atoms with Crippen LogP contribution in [0.3, 0.4) is 0 Å². The van der Waals surface area contributed by atoms with Crippen molar-refractivity contribution in [3.05, 3.63) is 63.7 Å². The Kier molecular flexibility index (Phi) is 6.47. The van der Waals surface area contributed by atoms with Gasteiger partial charge < -0.3 is 26.3 Å². The van der Waals surface area contributed by atoms with Crippen LogP contribution in [0.25, 0.3) is 0 Å². The maximum absolute atomic E-state index is 13.3. The first kappa shape index (κ1) is 24.6. The number of nitrogens with one attached hydrogen (secondary N) is 1. The number of benzene rings is 2. The molecule has 176 valence electrons. The number of nitro benzene ring substituents is 1. The van der Waals surface area contributed by atoms with Gasteiger partial charge in [0.2, 0.25) is 0 Å². The van der Waals surface area contributed by atoms with Crippen molar-refractivity contribution in [2.45, 2.75) is 57.0 Å². The summed E-state index contributed by atoms with van der Waals surface area (Å²) in [6.45, 7) is 7.06. The van der Waals surface area contributed by atoms with Crippen molar-refractivity contribution in [3.8, 4) is 5.75 Å². The summed E-state index contributed by atoms with van der Waals surface area (Å²) < 4.78 is 11.5. The Morgan fingerprint density at radius 2 is 1.94 bits per heavy atom. The predicted octanol–water partition coefficient (Wildman–Crippen LogP) is 3.18. The van der Waals surface area contributed by atoms with Gasteiger partial charge in [-0.05, 0) is 51.0 Å². The quantitative estimate of drug-likeness (QED) is 0.250. The lowest BCUT2D eigenvalue weighted by atomic mass is 9.83. The zero-order valence-electron chi connectivity index (χ0n) is 19.0. The highest BCUT2D eigenvalue weighted by Gasteiger charge is 2.42. The fourth-order valence-electron chi connectivity index (χ4n) is 3.47. The van der Waals surface area contributed by atoms with E-state index in [0.717, 1.165) is 0 Å². The van der Waals surface area contributed by atoms with Crippen molar-refractivity contribution >= 4 is 34.9 Å². The average Bonchev–Trinajstić information content (AvgIpc) is 2.73. The van der Waals surface area contributed by atoms with E-state index in [0.29, 0.717) is 22.6 Å². The van der Waals surface area contributed by atoms with E-state index in [1.807, 2.05) is 0 Å². The molecule has 3 atom stereocenters. The second-order valence-corrected chi connectivity index (χ2v) is 9.46. The Hall–Kier alpha value is -3.08. The summed E-state index contributed by atoms with van der Waals surface area (Å²) in [6, 6.07) is 11.0. The number of thiocarbonyl (C=S) groups is 1. The molecule has 2 aromatic carbocycles. The summed E-state index contributed by atoms with van der Waals surface area (Å²) in [4.78, 5) is 23.8. The maximum Gasteiger partial charge on any atom is 0.331 e. The monoisotopic (exact) mass is 472 g/mol. The summed E-state index contributed by atoms with van der Waals surface area (Å²) in [5.74, 6) is -0.0849. The number of esters is 1. The molecule has 0 radical (unpaired) electrons. The summed E-state index contributed by atoms with van der Waals surface area (Å²) in [6.07, 6.45) is -0.362.